The van der Waals surface area contributed by atoms with Crippen molar-refractivity contribution in [3.05, 3.63) is 54.6 Å². The number of anilines is 1. The third-order valence-corrected chi connectivity index (χ3v) is 5.31. The van der Waals surface area contributed by atoms with Crippen molar-refractivity contribution < 1.29 is 14.5 Å². The molecule has 0 aliphatic carbocycles. The van der Waals surface area contributed by atoms with Crippen molar-refractivity contribution in [1.29, 1.82) is 0 Å². The second kappa shape index (κ2) is 8.15. The minimum absolute atomic E-state index is 0.000839. The largest absolute Gasteiger partial charge is 0.369 e. The van der Waals surface area contributed by atoms with Crippen molar-refractivity contribution in [3.8, 4) is 11.1 Å². The van der Waals surface area contributed by atoms with Crippen molar-refractivity contribution in [3.63, 3.8) is 0 Å². The first-order valence-corrected chi connectivity index (χ1v) is 9.15. The van der Waals surface area contributed by atoms with E-state index in [0.717, 1.165) is 42.7 Å². The quantitative estimate of drug-likeness (QED) is 0.762. The van der Waals surface area contributed by atoms with Gasteiger partial charge >= 0.3 is 0 Å². The zero-order chi connectivity index (χ0) is 18.5. The number of rotatable bonds is 5. The highest BCUT2D eigenvalue weighted by Gasteiger charge is 2.32. The minimum atomic E-state index is -0.224. The number of hydrogen-bond donors (Lipinski definition) is 3. The molecule has 0 saturated carbocycles. The van der Waals surface area contributed by atoms with Gasteiger partial charge in [0.1, 0.15) is 0 Å². The van der Waals surface area contributed by atoms with Gasteiger partial charge in [0.05, 0.1) is 13.1 Å². The Kier molecular flexibility index (Phi) is 5.68. The summed E-state index contributed by atoms with van der Waals surface area (Å²) in [5.41, 5.74) is 8.30. The molecule has 1 saturated heterocycles. The molecule has 136 valence electrons. The summed E-state index contributed by atoms with van der Waals surface area (Å²) in [5, 5.41) is 3.09. The van der Waals surface area contributed by atoms with Gasteiger partial charge in [-0.2, -0.15) is 0 Å². The number of piperidine rings is 1. The van der Waals surface area contributed by atoms with Crippen molar-refractivity contribution in [2.75, 3.05) is 18.4 Å². The number of carbonyl (C=O) groups is 2. The molecule has 0 aromatic heterocycles. The van der Waals surface area contributed by atoms with Gasteiger partial charge in [-0.15, -0.1) is 0 Å². The molecule has 3 rings (SSSR count). The molecule has 26 heavy (non-hydrogen) atoms. The molecule has 0 radical (unpaired) electrons. The number of likely N-dealkylation sites (tertiary alicyclic amines) is 1. The van der Waals surface area contributed by atoms with Gasteiger partial charge in [0, 0.05) is 30.0 Å². The number of hydrogen-bond acceptors (Lipinski definition) is 2. The number of amides is 2. The lowest BCUT2D eigenvalue weighted by atomic mass is 9.95. The molecule has 1 aliphatic rings. The minimum Gasteiger partial charge on any atom is -0.369 e. The second-order valence-electron chi connectivity index (χ2n) is 6.96. The Morgan fingerprint density at radius 1 is 1.04 bits per heavy atom. The molecule has 1 aliphatic heterocycles. The lowest BCUT2D eigenvalue weighted by Crippen LogP contribution is -3.17. The third kappa shape index (κ3) is 4.11. The second-order valence-corrected chi connectivity index (χ2v) is 6.96. The Hall–Kier alpha value is -2.66. The Morgan fingerprint density at radius 2 is 1.65 bits per heavy atom. The van der Waals surface area contributed by atoms with Gasteiger partial charge in [-0.1, -0.05) is 48.5 Å². The van der Waals surface area contributed by atoms with E-state index in [-0.39, 0.29) is 23.8 Å². The van der Waals surface area contributed by atoms with Gasteiger partial charge < -0.3 is 16.0 Å². The van der Waals surface area contributed by atoms with E-state index < -0.39 is 0 Å². The smallest absolute Gasteiger partial charge is 0.282 e. The van der Waals surface area contributed by atoms with Gasteiger partial charge in [0.25, 0.3) is 5.91 Å². The molecule has 1 heterocycles. The van der Waals surface area contributed by atoms with Crippen LogP contribution >= 0.6 is 0 Å². The first kappa shape index (κ1) is 18.1. The van der Waals surface area contributed by atoms with Gasteiger partial charge in [0.2, 0.25) is 5.91 Å². The fraction of sp³-hybridized carbons (Fsp3) is 0.333. The Balaban J connectivity index is 1.68. The van der Waals surface area contributed by atoms with Crippen LogP contribution in [0.3, 0.4) is 0 Å². The van der Waals surface area contributed by atoms with Crippen LogP contribution in [-0.2, 0) is 9.59 Å². The Morgan fingerprint density at radius 3 is 2.31 bits per heavy atom. The van der Waals surface area contributed by atoms with Crippen LogP contribution in [0.25, 0.3) is 11.1 Å². The number of carbonyl (C=O) groups excluding carboxylic acids is 2. The summed E-state index contributed by atoms with van der Waals surface area (Å²) >= 11 is 0. The van der Waals surface area contributed by atoms with E-state index in [9.17, 15) is 9.59 Å². The molecule has 2 aromatic carbocycles. The topological polar surface area (TPSA) is 76.6 Å². The fourth-order valence-corrected chi connectivity index (χ4v) is 3.59. The zero-order valence-electron chi connectivity index (χ0n) is 15.1. The van der Waals surface area contributed by atoms with Crippen molar-refractivity contribution in [1.82, 2.24) is 0 Å². The van der Waals surface area contributed by atoms with E-state index in [2.05, 4.69) is 5.32 Å². The normalized spacial score (nSPS) is 21.0. The van der Waals surface area contributed by atoms with Crippen molar-refractivity contribution in [2.45, 2.75) is 25.8 Å². The van der Waals surface area contributed by atoms with Crippen LogP contribution < -0.4 is 16.0 Å². The SMILES string of the molecule is C[C@H](C(=O)Nc1ccccc1-c1ccccc1)[NH+]1CCC(C(N)=O)CC1. The number of benzene rings is 2. The molecule has 0 spiro atoms. The highest BCUT2D eigenvalue weighted by molar-refractivity contribution is 5.97. The van der Waals surface area contributed by atoms with Crippen molar-refractivity contribution >= 4 is 17.5 Å². The van der Waals surface area contributed by atoms with Crippen molar-refractivity contribution in [2.24, 2.45) is 11.7 Å². The standard InChI is InChI=1S/C21H25N3O2/c1-15(24-13-11-17(12-14-24)20(22)25)21(26)23-19-10-6-5-9-18(19)16-7-3-2-4-8-16/h2-10,15,17H,11-14H2,1H3,(H2,22,25)(H,23,26)/p+1/t15-/m1/s1. The first-order chi connectivity index (χ1) is 12.6. The van der Waals surface area contributed by atoms with Crippen LogP contribution in [0.5, 0.6) is 0 Å². The van der Waals surface area contributed by atoms with Crippen LogP contribution in [0.15, 0.2) is 54.6 Å². The monoisotopic (exact) mass is 352 g/mol. The molecule has 2 amide bonds. The third-order valence-electron chi connectivity index (χ3n) is 5.31. The average molecular weight is 352 g/mol. The number of nitrogens with one attached hydrogen (secondary N) is 2. The lowest BCUT2D eigenvalue weighted by Gasteiger charge is -2.31. The van der Waals surface area contributed by atoms with E-state index >= 15 is 0 Å². The maximum atomic E-state index is 12.8. The first-order valence-electron chi connectivity index (χ1n) is 9.15. The summed E-state index contributed by atoms with van der Waals surface area (Å²) in [7, 11) is 0. The molecule has 1 atom stereocenters. The molecule has 5 heteroatoms. The van der Waals surface area contributed by atoms with Gasteiger partial charge in [-0.25, -0.2) is 0 Å². The molecular formula is C21H26N3O2+. The van der Waals surface area contributed by atoms with E-state index in [4.69, 9.17) is 5.73 Å². The summed E-state index contributed by atoms with van der Waals surface area (Å²) in [5.74, 6) is -0.272. The van der Waals surface area contributed by atoms with Crippen LogP contribution in [-0.4, -0.2) is 30.9 Å². The summed E-state index contributed by atoms with van der Waals surface area (Å²) in [6.07, 6.45) is 1.51. The Bertz CT molecular complexity index is 768. The molecule has 5 nitrogen and oxygen atoms in total. The maximum Gasteiger partial charge on any atom is 0.282 e. The predicted molar refractivity (Wildman–Crippen MR) is 103 cm³/mol. The molecule has 0 bridgehead atoms. The van der Waals surface area contributed by atoms with Gasteiger partial charge in [-0.3, -0.25) is 9.59 Å². The average Bonchev–Trinajstić information content (AvgIpc) is 2.68. The summed E-state index contributed by atoms with van der Waals surface area (Å²) in [6, 6.07) is 17.7. The molecule has 2 aromatic rings. The van der Waals surface area contributed by atoms with Crippen LogP contribution in [0, 0.1) is 5.92 Å². The highest BCUT2D eigenvalue weighted by Crippen LogP contribution is 2.27. The molecular weight excluding hydrogens is 326 g/mol. The van der Waals surface area contributed by atoms with E-state index in [1.165, 1.54) is 4.90 Å². The van der Waals surface area contributed by atoms with Crippen LogP contribution in [0.4, 0.5) is 5.69 Å². The highest BCUT2D eigenvalue weighted by atomic mass is 16.2. The van der Waals surface area contributed by atoms with E-state index in [1.807, 2.05) is 61.5 Å². The Labute approximate surface area is 154 Å². The van der Waals surface area contributed by atoms with Gasteiger partial charge in [-0.05, 0) is 18.6 Å². The number of primary amides is 1. The van der Waals surface area contributed by atoms with Crippen LogP contribution in [0.2, 0.25) is 0 Å². The molecule has 0 unspecified atom stereocenters. The predicted octanol–water partition coefficient (Wildman–Crippen LogP) is 1.46. The maximum absolute atomic E-state index is 12.8. The lowest BCUT2D eigenvalue weighted by molar-refractivity contribution is -0.919. The summed E-state index contributed by atoms with van der Waals surface area (Å²) in [6.45, 7) is 3.53. The number of nitrogens with two attached hydrogens (primary N) is 1. The molecule has 4 N–H and O–H groups in total. The van der Waals surface area contributed by atoms with E-state index in [0.29, 0.717) is 0 Å². The van der Waals surface area contributed by atoms with E-state index in [1.54, 1.807) is 0 Å². The summed E-state index contributed by atoms with van der Waals surface area (Å²) in [4.78, 5) is 25.3. The number of quaternary nitrogens is 1. The van der Waals surface area contributed by atoms with Gasteiger partial charge in [0.15, 0.2) is 6.04 Å². The fourth-order valence-electron chi connectivity index (χ4n) is 3.59. The van der Waals surface area contributed by atoms with Crippen LogP contribution in [0.1, 0.15) is 19.8 Å². The number of para-hydroxylation sites is 1. The summed E-state index contributed by atoms with van der Waals surface area (Å²) < 4.78 is 0. The zero-order valence-corrected chi connectivity index (χ0v) is 15.1. The molecule has 1 fully saturated rings.